The van der Waals surface area contributed by atoms with Crippen LogP contribution in [-0.4, -0.2) is 41.8 Å². The van der Waals surface area contributed by atoms with Crippen molar-refractivity contribution in [1.29, 1.82) is 0 Å². The number of benzene rings is 1. The zero-order valence-corrected chi connectivity index (χ0v) is 14.6. The minimum absolute atomic E-state index is 0.145. The van der Waals surface area contributed by atoms with E-state index in [4.69, 9.17) is 9.47 Å². The molecule has 0 aliphatic heterocycles. The first-order chi connectivity index (χ1) is 11.2. The fourth-order valence-corrected chi connectivity index (χ4v) is 3.00. The molecule has 2 rings (SSSR count). The van der Waals surface area contributed by atoms with Gasteiger partial charge in [-0.05, 0) is 50.8 Å². The molecule has 132 valence electrons. The lowest BCUT2D eigenvalue weighted by Crippen LogP contribution is -2.57. The number of aliphatic carboxylic acids is 1. The van der Waals surface area contributed by atoms with E-state index in [0.29, 0.717) is 18.6 Å². The largest absolute Gasteiger partial charge is 0.496 e. The van der Waals surface area contributed by atoms with E-state index in [1.807, 2.05) is 18.2 Å². The van der Waals surface area contributed by atoms with Crippen molar-refractivity contribution in [1.82, 2.24) is 5.32 Å². The molecule has 2 N–H and O–H groups in total. The average molecular weight is 335 g/mol. The number of nitrogens with one attached hydrogen (secondary N) is 1. The molecular formula is C18H25NO5. The first-order valence-corrected chi connectivity index (χ1v) is 8.02. The predicted molar refractivity (Wildman–Crippen MR) is 89.2 cm³/mol. The molecule has 0 fully saturated rings. The Hall–Kier alpha value is -2.08. The zero-order chi connectivity index (χ0) is 18.0. The molecule has 0 heterocycles. The summed E-state index contributed by atoms with van der Waals surface area (Å²) in [6.07, 6.45) is 1.29. The maximum atomic E-state index is 11.9. The maximum absolute atomic E-state index is 11.9. The molecule has 6 heteroatoms. The molecule has 1 aliphatic rings. The third-order valence-electron chi connectivity index (χ3n) is 4.15. The highest BCUT2D eigenvalue weighted by Crippen LogP contribution is 2.34. The number of fused-ring (bicyclic) bond motifs is 1. The van der Waals surface area contributed by atoms with Gasteiger partial charge in [0.1, 0.15) is 16.9 Å². The summed E-state index contributed by atoms with van der Waals surface area (Å²) in [6, 6.07) is 5.71. The number of aryl methyl sites for hydroxylation is 1. The van der Waals surface area contributed by atoms with Crippen LogP contribution in [0, 0.1) is 0 Å². The molecule has 24 heavy (non-hydrogen) atoms. The number of hydrogen-bond donors (Lipinski definition) is 2. The number of carbonyl (C=O) groups is 2. The van der Waals surface area contributed by atoms with E-state index in [2.05, 4.69) is 5.32 Å². The lowest BCUT2D eigenvalue weighted by Gasteiger charge is -2.36. The fourth-order valence-electron chi connectivity index (χ4n) is 3.00. The number of esters is 1. The van der Waals surface area contributed by atoms with Crippen molar-refractivity contribution in [2.24, 2.45) is 0 Å². The number of methoxy groups -OCH3 is 1. The zero-order valence-electron chi connectivity index (χ0n) is 14.6. The van der Waals surface area contributed by atoms with Crippen LogP contribution in [0.5, 0.6) is 5.75 Å². The number of ether oxygens (including phenoxy) is 2. The van der Waals surface area contributed by atoms with Crippen LogP contribution in [0.1, 0.15) is 38.3 Å². The molecule has 1 atom stereocenters. The third kappa shape index (κ3) is 4.06. The molecule has 1 aromatic carbocycles. The van der Waals surface area contributed by atoms with Crippen LogP contribution >= 0.6 is 0 Å². The van der Waals surface area contributed by atoms with Crippen LogP contribution in [0.25, 0.3) is 0 Å². The van der Waals surface area contributed by atoms with Gasteiger partial charge in [-0.25, -0.2) is 0 Å². The molecule has 1 aromatic rings. The van der Waals surface area contributed by atoms with Gasteiger partial charge in [0.25, 0.3) is 0 Å². The Bertz CT molecular complexity index is 621. The van der Waals surface area contributed by atoms with Gasteiger partial charge in [-0.2, -0.15) is 0 Å². The Morgan fingerprint density at radius 2 is 2.04 bits per heavy atom. The normalized spacial score (nSPS) is 20.2. The van der Waals surface area contributed by atoms with Crippen molar-refractivity contribution < 1.29 is 24.2 Å². The highest BCUT2D eigenvalue weighted by atomic mass is 16.6. The minimum Gasteiger partial charge on any atom is -0.496 e. The van der Waals surface area contributed by atoms with E-state index in [0.717, 1.165) is 11.1 Å². The van der Waals surface area contributed by atoms with Crippen molar-refractivity contribution in [2.75, 3.05) is 13.7 Å². The van der Waals surface area contributed by atoms with Crippen molar-refractivity contribution >= 4 is 11.9 Å². The molecule has 1 unspecified atom stereocenters. The molecular weight excluding hydrogens is 310 g/mol. The molecule has 1 aliphatic carbocycles. The van der Waals surface area contributed by atoms with Gasteiger partial charge in [-0.15, -0.1) is 0 Å². The first kappa shape index (κ1) is 18.3. The van der Waals surface area contributed by atoms with Crippen LogP contribution in [0.4, 0.5) is 0 Å². The Kier molecular flexibility index (Phi) is 5.18. The molecule has 0 radical (unpaired) electrons. The number of carbonyl (C=O) groups excluding carboxylic acids is 1. The van der Waals surface area contributed by atoms with Gasteiger partial charge in [0, 0.05) is 6.42 Å². The van der Waals surface area contributed by atoms with Crippen molar-refractivity contribution in [3.05, 3.63) is 29.3 Å². The maximum Gasteiger partial charge on any atom is 0.324 e. The third-order valence-corrected chi connectivity index (χ3v) is 4.15. The molecule has 0 saturated carbocycles. The van der Waals surface area contributed by atoms with Gasteiger partial charge in [0.2, 0.25) is 0 Å². The Balaban J connectivity index is 2.18. The summed E-state index contributed by atoms with van der Waals surface area (Å²) in [7, 11) is 1.57. The lowest BCUT2D eigenvalue weighted by molar-refractivity contribution is -0.155. The second-order valence-corrected chi connectivity index (χ2v) is 7.10. The average Bonchev–Trinajstić information content (AvgIpc) is 2.50. The van der Waals surface area contributed by atoms with E-state index in [1.165, 1.54) is 0 Å². The number of carboxylic acids is 1. The summed E-state index contributed by atoms with van der Waals surface area (Å²) in [5.74, 6) is -0.756. The van der Waals surface area contributed by atoms with Gasteiger partial charge in [0.15, 0.2) is 0 Å². The second-order valence-electron chi connectivity index (χ2n) is 7.10. The summed E-state index contributed by atoms with van der Waals surface area (Å²) >= 11 is 0. The van der Waals surface area contributed by atoms with Gasteiger partial charge in [0.05, 0.1) is 13.7 Å². The minimum atomic E-state index is -1.20. The topological polar surface area (TPSA) is 84.9 Å². The van der Waals surface area contributed by atoms with Crippen molar-refractivity contribution in [3.8, 4) is 5.75 Å². The fraction of sp³-hybridized carbons (Fsp3) is 0.556. The molecule has 0 aromatic heterocycles. The monoisotopic (exact) mass is 335 g/mol. The van der Waals surface area contributed by atoms with Crippen LogP contribution < -0.4 is 10.1 Å². The Morgan fingerprint density at radius 3 is 2.62 bits per heavy atom. The predicted octanol–water partition coefficient (Wildman–Crippen LogP) is 1.94. The molecule has 0 amide bonds. The quantitative estimate of drug-likeness (QED) is 0.800. The molecule has 0 bridgehead atoms. The van der Waals surface area contributed by atoms with Crippen LogP contribution in [0.2, 0.25) is 0 Å². The SMILES string of the molecule is COc1cccc2c1CC(NCC(=O)OC(C)(C)C)(C(=O)O)CC2. The Labute approximate surface area is 142 Å². The van der Waals surface area contributed by atoms with Crippen molar-refractivity contribution in [3.63, 3.8) is 0 Å². The molecule has 0 spiro atoms. The first-order valence-electron chi connectivity index (χ1n) is 8.02. The second kappa shape index (κ2) is 6.81. The molecule has 6 nitrogen and oxygen atoms in total. The highest BCUT2D eigenvalue weighted by molar-refractivity contribution is 5.81. The summed E-state index contributed by atoms with van der Waals surface area (Å²) in [4.78, 5) is 23.9. The summed E-state index contributed by atoms with van der Waals surface area (Å²) in [5, 5.41) is 12.7. The number of rotatable bonds is 5. The van der Waals surface area contributed by atoms with E-state index < -0.39 is 23.1 Å². The van der Waals surface area contributed by atoms with Crippen LogP contribution in [0.15, 0.2) is 18.2 Å². The van der Waals surface area contributed by atoms with E-state index in [-0.39, 0.29) is 13.0 Å². The van der Waals surface area contributed by atoms with E-state index >= 15 is 0 Å². The van der Waals surface area contributed by atoms with E-state index in [9.17, 15) is 14.7 Å². The summed E-state index contributed by atoms with van der Waals surface area (Å²) in [5.41, 5.74) is 0.173. The van der Waals surface area contributed by atoms with Gasteiger partial charge in [-0.3, -0.25) is 14.9 Å². The van der Waals surface area contributed by atoms with Gasteiger partial charge in [-0.1, -0.05) is 12.1 Å². The number of carboxylic acid groups (broad SMARTS) is 1. The van der Waals surface area contributed by atoms with E-state index in [1.54, 1.807) is 27.9 Å². The Morgan fingerprint density at radius 1 is 1.33 bits per heavy atom. The van der Waals surface area contributed by atoms with Crippen LogP contribution in [-0.2, 0) is 27.2 Å². The molecule has 0 saturated heterocycles. The van der Waals surface area contributed by atoms with Crippen LogP contribution in [0.3, 0.4) is 0 Å². The highest BCUT2D eigenvalue weighted by Gasteiger charge is 2.42. The summed E-state index contributed by atoms with van der Waals surface area (Å²) in [6.45, 7) is 5.19. The standard InChI is InChI=1S/C18H25NO5/c1-17(2,3)24-15(20)11-19-18(16(21)22)9-8-12-6-5-7-14(23-4)13(12)10-18/h5-7,19H,8-11H2,1-4H3,(H,21,22). The van der Waals surface area contributed by atoms with Crippen molar-refractivity contribution in [2.45, 2.75) is 51.2 Å². The smallest absolute Gasteiger partial charge is 0.324 e. The van der Waals surface area contributed by atoms with Gasteiger partial charge >= 0.3 is 11.9 Å². The number of hydrogen-bond acceptors (Lipinski definition) is 5. The van der Waals surface area contributed by atoms with Gasteiger partial charge < -0.3 is 14.6 Å². The lowest BCUT2D eigenvalue weighted by atomic mass is 9.77. The summed E-state index contributed by atoms with van der Waals surface area (Å²) < 4.78 is 10.6.